The van der Waals surface area contributed by atoms with Crippen molar-refractivity contribution in [3.05, 3.63) is 11.6 Å². The summed E-state index contributed by atoms with van der Waals surface area (Å²) < 4.78 is 0. The topological polar surface area (TPSA) is 97.0 Å². The van der Waals surface area contributed by atoms with Crippen molar-refractivity contribution >= 4 is 11.4 Å². The second kappa shape index (κ2) is 5.82. The first-order valence-electron chi connectivity index (χ1n) is 10.3. The van der Waals surface area contributed by atoms with Gasteiger partial charge in [-0.05, 0) is 87.5 Å². The summed E-state index contributed by atoms with van der Waals surface area (Å²) in [6.45, 7) is 6.67. The maximum Gasteiger partial charge on any atom is 0.110 e. The lowest BCUT2D eigenvalue weighted by molar-refractivity contribution is -0.0945. The second-order valence-electron chi connectivity index (χ2n) is 9.69. The van der Waals surface area contributed by atoms with Crippen molar-refractivity contribution in [1.82, 2.24) is 0 Å². The quantitative estimate of drug-likeness (QED) is 0.381. The van der Waals surface area contributed by atoms with E-state index >= 15 is 0 Å². The van der Waals surface area contributed by atoms with Gasteiger partial charge in [0, 0.05) is 5.41 Å². The van der Waals surface area contributed by atoms with Crippen LogP contribution in [0.5, 0.6) is 0 Å². The zero-order valence-corrected chi connectivity index (χ0v) is 16.5. The van der Waals surface area contributed by atoms with Gasteiger partial charge >= 0.3 is 0 Å². The van der Waals surface area contributed by atoms with Crippen LogP contribution in [0.25, 0.3) is 0 Å². The highest BCUT2D eigenvalue weighted by Crippen LogP contribution is 2.67. The van der Waals surface area contributed by atoms with Crippen molar-refractivity contribution in [3.8, 4) is 0 Å². The highest BCUT2D eigenvalue weighted by Gasteiger charge is 2.64. The predicted octanol–water partition coefficient (Wildman–Crippen LogP) is 3.33. The molecule has 5 N–H and O–H groups in total. The molecule has 4 rings (SSSR count). The highest BCUT2D eigenvalue weighted by atomic mass is 16.3. The average Bonchev–Trinajstić information content (AvgIpc) is 2.92. The summed E-state index contributed by atoms with van der Waals surface area (Å²) in [6.07, 6.45) is 10.9. The Morgan fingerprint density at radius 2 is 1.81 bits per heavy atom. The van der Waals surface area contributed by atoms with Gasteiger partial charge in [-0.15, -0.1) is 0 Å². The molecule has 144 valence electrons. The van der Waals surface area contributed by atoms with Gasteiger partial charge in [0.25, 0.3) is 0 Å². The summed E-state index contributed by atoms with van der Waals surface area (Å²) in [6, 6.07) is 0. The van der Waals surface area contributed by atoms with E-state index in [2.05, 4.69) is 30.1 Å². The van der Waals surface area contributed by atoms with Gasteiger partial charge in [-0.2, -0.15) is 10.2 Å². The molecule has 4 aliphatic carbocycles. The van der Waals surface area contributed by atoms with E-state index in [1.165, 1.54) is 12.8 Å². The van der Waals surface area contributed by atoms with Crippen molar-refractivity contribution in [3.63, 3.8) is 0 Å². The molecule has 0 spiro atoms. The van der Waals surface area contributed by atoms with Crippen LogP contribution in [-0.2, 0) is 0 Å². The molecule has 0 unspecified atom stereocenters. The van der Waals surface area contributed by atoms with Gasteiger partial charge in [0.15, 0.2) is 0 Å². The Hall–Kier alpha value is -1.36. The molecule has 3 fully saturated rings. The molecule has 26 heavy (non-hydrogen) atoms. The third-order valence-electron chi connectivity index (χ3n) is 9.09. The molecule has 6 atom stereocenters. The molecule has 5 heteroatoms. The van der Waals surface area contributed by atoms with Crippen molar-refractivity contribution in [2.45, 2.75) is 77.7 Å². The average molecular weight is 359 g/mol. The highest BCUT2D eigenvalue weighted by molar-refractivity contribution is 5.96. The molecule has 0 aromatic carbocycles. The van der Waals surface area contributed by atoms with Crippen LogP contribution in [0.2, 0.25) is 0 Å². The molecule has 0 saturated heterocycles. The van der Waals surface area contributed by atoms with E-state index in [1.54, 1.807) is 5.57 Å². The van der Waals surface area contributed by atoms with E-state index in [4.69, 9.17) is 11.7 Å². The standard InChI is InChI=1S/C21H34N4O/c1-13(24-22)21(26)11-8-18-16-5-4-14-12-15(25-23)6-9-19(14,2)17(16)7-10-20(18,21)3/h12,16-18,26H,4-11,22-23H2,1-3H3/b24-13-,25-15-/t16-,17+,18+,19-,20-,21-/m0/s1. The lowest BCUT2D eigenvalue weighted by Gasteiger charge is -2.59. The molecule has 0 radical (unpaired) electrons. The molecule has 0 aromatic heterocycles. The van der Waals surface area contributed by atoms with Gasteiger partial charge in [0.1, 0.15) is 5.60 Å². The molecule has 0 bridgehead atoms. The summed E-state index contributed by atoms with van der Waals surface area (Å²) in [7, 11) is 0. The SMILES string of the molecule is C/C(=N/N)[C@@]1(O)CC[C@@H]2[C@H]3CCC4=C/C(=N\N)CC[C@]4(C)[C@@H]3CC[C@@]21C. The zero-order chi connectivity index (χ0) is 18.7. The van der Waals surface area contributed by atoms with E-state index in [0.29, 0.717) is 23.5 Å². The fraction of sp³-hybridized carbons (Fsp3) is 0.810. The molecule has 0 amide bonds. The number of allylic oxidation sites excluding steroid dienone is 2. The van der Waals surface area contributed by atoms with Gasteiger partial charge < -0.3 is 16.8 Å². The Bertz CT molecular complexity index is 698. The molecule has 5 nitrogen and oxygen atoms in total. The van der Waals surface area contributed by atoms with E-state index in [-0.39, 0.29) is 10.8 Å². The van der Waals surface area contributed by atoms with Crippen molar-refractivity contribution < 1.29 is 5.11 Å². The number of nitrogens with two attached hydrogens (primary N) is 2. The maximum atomic E-state index is 11.5. The van der Waals surface area contributed by atoms with Crippen LogP contribution >= 0.6 is 0 Å². The zero-order valence-electron chi connectivity index (χ0n) is 16.5. The Balaban J connectivity index is 1.68. The molecular weight excluding hydrogens is 324 g/mol. The van der Waals surface area contributed by atoms with Crippen molar-refractivity contribution in [2.24, 2.45) is 50.5 Å². The number of hydrogen-bond donors (Lipinski definition) is 3. The van der Waals surface area contributed by atoms with Gasteiger partial charge in [-0.1, -0.05) is 19.4 Å². The van der Waals surface area contributed by atoms with Crippen LogP contribution in [0.1, 0.15) is 72.1 Å². The molecular formula is C21H34N4O. The summed E-state index contributed by atoms with van der Waals surface area (Å²) in [5.74, 6) is 13.1. The number of fused-ring (bicyclic) bond motifs is 5. The lowest BCUT2D eigenvalue weighted by Crippen LogP contribution is -2.57. The predicted molar refractivity (Wildman–Crippen MR) is 106 cm³/mol. The smallest absolute Gasteiger partial charge is 0.110 e. The normalized spacial score (nSPS) is 50.0. The molecule has 0 aromatic rings. The van der Waals surface area contributed by atoms with Crippen LogP contribution in [-0.4, -0.2) is 22.1 Å². The first kappa shape index (κ1) is 18.0. The number of hydrogen-bond acceptors (Lipinski definition) is 5. The Morgan fingerprint density at radius 3 is 2.50 bits per heavy atom. The first-order valence-corrected chi connectivity index (χ1v) is 10.3. The summed E-state index contributed by atoms with van der Waals surface area (Å²) in [5.41, 5.74) is 2.67. The van der Waals surface area contributed by atoms with Gasteiger partial charge in [-0.25, -0.2) is 0 Å². The van der Waals surface area contributed by atoms with Crippen LogP contribution < -0.4 is 11.7 Å². The molecule has 3 saturated carbocycles. The van der Waals surface area contributed by atoms with Crippen LogP contribution in [0.15, 0.2) is 21.9 Å². The molecule has 4 aliphatic rings. The fourth-order valence-corrected chi connectivity index (χ4v) is 7.39. The van der Waals surface area contributed by atoms with Crippen LogP contribution in [0.3, 0.4) is 0 Å². The Kier molecular flexibility index (Phi) is 4.03. The first-order chi connectivity index (χ1) is 12.3. The van der Waals surface area contributed by atoms with Crippen LogP contribution in [0, 0.1) is 28.6 Å². The number of rotatable bonds is 1. The number of nitrogens with zero attached hydrogens (tertiary/aromatic N) is 2. The minimum absolute atomic E-state index is 0.1000. The number of aliphatic hydroxyl groups is 1. The largest absolute Gasteiger partial charge is 0.383 e. The second-order valence-corrected chi connectivity index (χ2v) is 9.69. The maximum absolute atomic E-state index is 11.5. The third kappa shape index (κ3) is 2.12. The summed E-state index contributed by atoms with van der Waals surface area (Å²) in [5, 5.41) is 19.4. The van der Waals surface area contributed by atoms with E-state index in [9.17, 15) is 5.11 Å². The van der Waals surface area contributed by atoms with Gasteiger partial charge in [-0.3, -0.25) is 0 Å². The third-order valence-corrected chi connectivity index (χ3v) is 9.09. The molecule has 0 aliphatic heterocycles. The molecule has 0 heterocycles. The Morgan fingerprint density at radius 1 is 1.08 bits per heavy atom. The van der Waals surface area contributed by atoms with E-state index < -0.39 is 5.60 Å². The van der Waals surface area contributed by atoms with Gasteiger partial charge in [0.05, 0.1) is 11.4 Å². The Labute approximate surface area is 157 Å². The summed E-state index contributed by atoms with van der Waals surface area (Å²) in [4.78, 5) is 0. The summed E-state index contributed by atoms with van der Waals surface area (Å²) >= 11 is 0. The van der Waals surface area contributed by atoms with Gasteiger partial charge in [0.2, 0.25) is 0 Å². The van der Waals surface area contributed by atoms with Crippen LogP contribution in [0.4, 0.5) is 0 Å². The minimum atomic E-state index is -0.833. The van der Waals surface area contributed by atoms with E-state index in [1.807, 2.05) is 6.92 Å². The minimum Gasteiger partial charge on any atom is -0.383 e. The monoisotopic (exact) mass is 358 g/mol. The number of hydrazone groups is 2. The van der Waals surface area contributed by atoms with Crippen molar-refractivity contribution in [2.75, 3.05) is 0 Å². The lowest BCUT2D eigenvalue weighted by atomic mass is 9.46. The van der Waals surface area contributed by atoms with E-state index in [0.717, 1.165) is 44.2 Å². The van der Waals surface area contributed by atoms with Crippen molar-refractivity contribution in [1.29, 1.82) is 0 Å². The fourth-order valence-electron chi connectivity index (χ4n) is 7.39.